The highest BCUT2D eigenvalue weighted by Crippen LogP contribution is 2.45. The van der Waals surface area contributed by atoms with E-state index in [9.17, 15) is 0 Å². The molecule has 0 N–H and O–H groups in total. The normalized spacial score (nSPS) is 15.0. The van der Waals surface area contributed by atoms with Crippen LogP contribution in [0.1, 0.15) is 48.5 Å². The zero-order chi connectivity index (χ0) is 22.5. The molecule has 3 aromatic heterocycles. The maximum absolute atomic E-state index is 15.3. The van der Waals surface area contributed by atoms with Gasteiger partial charge in [0.2, 0.25) is 5.69 Å². The lowest BCUT2D eigenvalue weighted by atomic mass is 9.88. The largest absolute Gasteiger partial charge is 0.454 e. The summed E-state index contributed by atoms with van der Waals surface area (Å²) in [4.78, 5) is 2.34. The highest BCUT2D eigenvalue weighted by atomic mass is 32.1. The second-order valence-electron chi connectivity index (χ2n) is 9.27. The Bertz CT molecular complexity index is 1490. The van der Waals surface area contributed by atoms with E-state index < -0.39 is 0 Å². The lowest BCUT2D eigenvalue weighted by molar-refractivity contribution is -0.660. The Morgan fingerprint density at radius 3 is 2.42 bits per heavy atom. The Labute approximate surface area is 197 Å². The third kappa shape index (κ3) is 3.39. The molecule has 0 aliphatic heterocycles. The number of rotatable bonds is 3. The molecule has 1 fully saturated rings. The van der Waals surface area contributed by atoms with Crippen molar-refractivity contribution in [1.29, 1.82) is 0 Å². The van der Waals surface area contributed by atoms with E-state index in [4.69, 9.17) is 4.42 Å². The molecule has 1 saturated carbocycles. The van der Waals surface area contributed by atoms with E-state index >= 15 is 4.39 Å². The van der Waals surface area contributed by atoms with Gasteiger partial charge in [-0.1, -0.05) is 31.4 Å². The average molecular weight is 457 g/mol. The van der Waals surface area contributed by atoms with Crippen molar-refractivity contribution in [2.75, 3.05) is 0 Å². The van der Waals surface area contributed by atoms with Crippen LogP contribution in [0, 0.1) is 12.7 Å². The Morgan fingerprint density at radius 2 is 1.64 bits per heavy atom. The monoisotopic (exact) mass is 456 g/mol. The average Bonchev–Trinajstić information content (AvgIpc) is 3.45. The molecule has 5 aromatic rings. The number of aromatic nitrogens is 1. The summed E-state index contributed by atoms with van der Waals surface area (Å²) in [6.07, 6.45) is 8.46. The van der Waals surface area contributed by atoms with Gasteiger partial charge in [0.25, 0.3) is 0 Å². The molecule has 2 aromatic carbocycles. The van der Waals surface area contributed by atoms with Gasteiger partial charge < -0.3 is 4.42 Å². The minimum atomic E-state index is -0.220. The Hall–Kier alpha value is -2.98. The van der Waals surface area contributed by atoms with Crippen molar-refractivity contribution in [3.8, 4) is 21.7 Å². The van der Waals surface area contributed by atoms with Crippen LogP contribution in [-0.2, 0) is 7.05 Å². The maximum atomic E-state index is 15.3. The van der Waals surface area contributed by atoms with Crippen LogP contribution in [0.15, 0.2) is 65.2 Å². The zero-order valence-electron chi connectivity index (χ0n) is 19.0. The fourth-order valence-electron chi connectivity index (χ4n) is 5.40. The number of nitrogens with zero attached hydrogens (tertiary/aromatic N) is 1. The molecule has 2 nitrogen and oxygen atoms in total. The second kappa shape index (κ2) is 8.11. The molecular formula is C29H27FNOS+. The zero-order valence-corrected chi connectivity index (χ0v) is 19.8. The smallest absolute Gasteiger partial charge is 0.216 e. The number of thiophene rings is 1. The number of halogens is 1. The first-order valence-corrected chi connectivity index (χ1v) is 12.6. The molecule has 166 valence electrons. The molecule has 0 saturated heterocycles. The molecule has 0 atom stereocenters. The summed E-state index contributed by atoms with van der Waals surface area (Å²) in [7, 11) is 2.04. The number of hydrogen-bond acceptors (Lipinski definition) is 2. The second-order valence-corrected chi connectivity index (χ2v) is 10.4. The molecule has 4 heteroatoms. The Balaban J connectivity index is 1.57. The summed E-state index contributed by atoms with van der Waals surface area (Å²) in [6, 6.07) is 18.1. The van der Waals surface area contributed by atoms with Gasteiger partial charge >= 0.3 is 0 Å². The van der Waals surface area contributed by atoms with E-state index in [0.29, 0.717) is 17.1 Å². The molecule has 0 bridgehead atoms. The standard InChI is InChI=1S/C29H27FNOS/c1-18-11-12-20-21-13-14-22(30)27(25-16-15-24(33-25)19-8-4-3-5-9-19)29(21)32-28(20)26(18)23-10-6-7-17-31(23)2/h6-7,10-17,19H,3-5,8-9H2,1-2H3/q+1. The van der Waals surface area contributed by atoms with Gasteiger partial charge in [-0.15, -0.1) is 11.3 Å². The van der Waals surface area contributed by atoms with E-state index in [1.54, 1.807) is 17.4 Å². The van der Waals surface area contributed by atoms with E-state index in [1.807, 2.05) is 31.4 Å². The number of fused-ring (bicyclic) bond motifs is 3. The van der Waals surface area contributed by atoms with Crippen LogP contribution in [0.2, 0.25) is 0 Å². The molecule has 0 radical (unpaired) electrons. The van der Waals surface area contributed by atoms with Crippen molar-refractivity contribution in [3.63, 3.8) is 0 Å². The first kappa shape index (κ1) is 20.6. The fraction of sp³-hybridized carbons (Fsp3) is 0.276. The first-order valence-electron chi connectivity index (χ1n) is 11.8. The van der Waals surface area contributed by atoms with Crippen molar-refractivity contribution in [1.82, 2.24) is 0 Å². The molecular weight excluding hydrogens is 429 g/mol. The predicted octanol–water partition coefficient (Wildman–Crippen LogP) is 8.30. The van der Waals surface area contributed by atoms with Crippen LogP contribution in [0.4, 0.5) is 4.39 Å². The van der Waals surface area contributed by atoms with Crippen molar-refractivity contribution >= 4 is 33.3 Å². The van der Waals surface area contributed by atoms with E-state index in [2.05, 4.69) is 41.8 Å². The van der Waals surface area contributed by atoms with Crippen molar-refractivity contribution in [3.05, 3.63) is 77.1 Å². The van der Waals surface area contributed by atoms with Crippen molar-refractivity contribution in [2.45, 2.75) is 44.9 Å². The van der Waals surface area contributed by atoms with Gasteiger partial charge in [-0.3, -0.25) is 0 Å². The minimum absolute atomic E-state index is 0.220. The third-order valence-corrected chi connectivity index (χ3v) is 8.42. The van der Waals surface area contributed by atoms with Gasteiger partial charge in [-0.2, -0.15) is 0 Å². The number of aryl methyl sites for hydroxylation is 2. The quantitative estimate of drug-likeness (QED) is 0.250. The summed E-state index contributed by atoms with van der Waals surface area (Å²) in [5.41, 5.74) is 5.35. The molecule has 1 aliphatic rings. The van der Waals surface area contributed by atoms with Crippen molar-refractivity contribution in [2.24, 2.45) is 7.05 Å². The summed E-state index contributed by atoms with van der Waals surface area (Å²) in [5.74, 6) is 0.393. The van der Waals surface area contributed by atoms with Gasteiger partial charge in [0.05, 0.1) is 11.1 Å². The van der Waals surface area contributed by atoms with Gasteiger partial charge in [0.1, 0.15) is 24.0 Å². The minimum Gasteiger partial charge on any atom is -0.454 e. The lowest BCUT2D eigenvalue weighted by Gasteiger charge is -2.19. The van der Waals surface area contributed by atoms with Crippen molar-refractivity contribution < 1.29 is 13.4 Å². The highest BCUT2D eigenvalue weighted by Gasteiger charge is 2.24. The lowest BCUT2D eigenvalue weighted by Crippen LogP contribution is -2.30. The molecule has 1 aliphatic carbocycles. The number of benzene rings is 2. The topological polar surface area (TPSA) is 17.0 Å². The van der Waals surface area contributed by atoms with Gasteiger partial charge in [-0.25, -0.2) is 8.96 Å². The highest BCUT2D eigenvalue weighted by molar-refractivity contribution is 7.15. The third-order valence-electron chi connectivity index (χ3n) is 7.16. The predicted molar refractivity (Wildman–Crippen MR) is 134 cm³/mol. The summed E-state index contributed by atoms with van der Waals surface area (Å²) in [6.45, 7) is 2.10. The van der Waals surface area contributed by atoms with E-state index in [-0.39, 0.29) is 5.82 Å². The SMILES string of the molecule is Cc1ccc2c(oc3c(-c4ccc(C5CCCCC5)s4)c(F)ccc32)c1-c1cccc[n+]1C. The fourth-order valence-corrected chi connectivity index (χ4v) is 6.62. The summed E-state index contributed by atoms with van der Waals surface area (Å²) in [5, 5.41) is 1.99. The van der Waals surface area contributed by atoms with Gasteiger partial charge in [0.15, 0.2) is 6.20 Å². The number of hydrogen-bond donors (Lipinski definition) is 0. The summed E-state index contributed by atoms with van der Waals surface area (Å²) < 4.78 is 23.9. The number of pyridine rings is 1. The molecule has 0 amide bonds. The van der Waals surface area contributed by atoms with E-state index in [0.717, 1.165) is 38.1 Å². The molecule has 0 spiro atoms. The Kier molecular flexibility index (Phi) is 5.06. The van der Waals surface area contributed by atoms with Gasteiger partial charge in [-0.05, 0) is 61.6 Å². The van der Waals surface area contributed by atoms with Crippen LogP contribution >= 0.6 is 11.3 Å². The van der Waals surface area contributed by atoms with Crippen LogP contribution < -0.4 is 4.57 Å². The van der Waals surface area contributed by atoms with Crippen LogP contribution in [0.5, 0.6) is 0 Å². The molecule has 3 heterocycles. The van der Waals surface area contributed by atoms with Gasteiger partial charge in [0, 0.05) is 32.7 Å². The molecule has 6 rings (SSSR count). The molecule has 0 unspecified atom stereocenters. The van der Waals surface area contributed by atoms with Crippen LogP contribution in [0.3, 0.4) is 0 Å². The van der Waals surface area contributed by atoms with Crippen LogP contribution in [-0.4, -0.2) is 0 Å². The maximum Gasteiger partial charge on any atom is 0.216 e. The van der Waals surface area contributed by atoms with E-state index in [1.165, 1.54) is 37.0 Å². The number of furan rings is 1. The Morgan fingerprint density at radius 1 is 0.879 bits per heavy atom. The van der Waals surface area contributed by atoms with Crippen LogP contribution in [0.25, 0.3) is 43.6 Å². The summed E-state index contributed by atoms with van der Waals surface area (Å²) >= 11 is 1.73. The first-order chi connectivity index (χ1) is 16.1. The molecule has 33 heavy (non-hydrogen) atoms.